The Bertz CT molecular complexity index is 2450. The Kier molecular flexibility index (Phi) is 118. The van der Waals surface area contributed by atoms with Crippen LogP contribution in [0.4, 0.5) is 0 Å². The third kappa shape index (κ3) is 116. The van der Waals surface area contributed by atoms with E-state index < -0.39 is 29.3 Å². The number of ether oxygens (including phenoxy) is 10. The zero-order chi connectivity index (χ0) is 76.0. The van der Waals surface area contributed by atoms with E-state index in [1.54, 1.807) is 36.4 Å². The molecule has 3 rings (SSSR count). The Hall–Kier alpha value is -3.31. The van der Waals surface area contributed by atoms with Crippen LogP contribution in [0.2, 0.25) is 0 Å². The lowest BCUT2D eigenvalue weighted by atomic mass is 10.2. The van der Waals surface area contributed by atoms with Crippen molar-refractivity contribution in [2.24, 2.45) is 0 Å². The van der Waals surface area contributed by atoms with Crippen LogP contribution in [-0.4, -0.2) is 234 Å². The van der Waals surface area contributed by atoms with Crippen molar-refractivity contribution in [1.82, 2.24) is 0 Å². The molecule has 30 heteroatoms. The maximum atomic E-state index is 10.7. The molecule has 110 heavy (non-hydrogen) atoms. The Morgan fingerprint density at radius 3 is 0.655 bits per heavy atom. The summed E-state index contributed by atoms with van der Waals surface area (Å²) in [6.45, 7) is 14.3. The molecule has 0 radical (unpaired) electrons. The number of phenols is 1. The zero-order valence-electron chi connectivity index (χ0n) is 60.9. The maximum absolute atomic E-state index is 10.7. The molecule has 0 heterocycles. The van der Waals surface area contributed by atoms with Gasteiger partial charge >= 0.3 is 0 Å². The second-order valence-corrected chi connectivity index (χ2v) is 30.6. The lowest BCUT2D eigenvalue weighted by molar-refractivity contribution is 0.0960. The van der Waals surface area contributed by atoms with Gasteiger partial charge in [0.2, 0.25) is 9.05 Å². The van der Waals surface area contributed by atoms with Gasteiger partial charge in [-0.1, -0.05) is 91.3 Å². The number of unbranched alkanes of at least 4 members (excludes halogenated alkanes) is 12. The van der Waals surface area contributed by atoms with Crippen molar-refractivity contribution in [3.8, 4) is 17.2 Å². The van der Waals surface area contributed by atoms with E-state index in [0.29, 0.717) is 69.2 Å². The second-order valence-electron chi connectivity index (χ2n) is 22.7. The number of halogens is 3. The molecule has 0 unspecified atom stereocenters. The zero-order valence-corrected chi connectivity index (χ0v) is 67.3. The van der Waals surface area contributed by atoms with Crippen molar-refractivity contribution in [2.45, 2.75) is 214 Å². The monoisotopic (exact) mass is 1790 g/mol. The molecular formula is C80H155Br2ClO24S3. The SMILES string of the molecule is BrCCCCOCCCCOCCCCBr.C.C.C.C.C.C.C.C.CS(=O)(=O)Cl.CS(=O)(=O)OCCCCOCCCCOCCCCOS(C)(=O)=O.O=Cc1ccc(O)cc1.O=Cc1ccc(OCCCCOCCCCOCCCCOc2ccc(C=O)cc2)cc1.OCCCCOCCCCOCCCCO. The number of carbonyl (C=O) groups is 3. The number of aliphatic hydroxyl groups excluding tert-OH is 2. The molecule has 0 aliphatic carbocycles. The number of benzene rings is 3. The summed E-state index contributed by atoms with van der Waals surface area (Å²) in [4.78, 5) is 31.3. The highest BCUT2D eigenvalue weighted by atomic mass is 79.9. The van der Waals surface area contributed by atoms with Crippen LogP contribution in [0.3, 0.4) is 0 Å². The molecule has 0 aliphatic heterocycles. The number of aldehydes is 3. The molecule has 0 spiro atoms. The van der Waals surface area contributed by atoms with E-state index in [-0.39, 0.29) is 91.6 Å². The van der Waals surface area contributed by atoms with Crippen LogP contribution in [0.5, 0.6) is 17.2 Å². The number of rotatable bonds is 63. The molecule has 0 atom stereocenters. The fraction of sp³-hybridized carbons (Fsp3) is 0.738. The van der Waals surface area contributed by atoms with Gasteiger partial charge in [0.15, 0.2) is 0 Å². The summed E-state index contributed by atoms with van der Waals surface area (Å²) in [5, 5.41) is 28.0. The topological polar surface area (TPSA) is 325 Å². The molecule has 3 aromatic rings. The molecule has 24 nitrogen and oxygen atoms in total. The van der Waals surface area contributed by atoms with Gasteiger partial charge in [0, 0.05) is 157 Å². The maximum Gasteiger partial charge on any atom is 0.264 e. The number of alkyl halides is 2. The number of hydrogen-bond acceptors (Lipinski definition) is 24. The van der Waals surface area contributed by atoms with E-state index in [2.05, 4.69) is 50.9 Å². The summed E-state index contributed by atoms with van der Waals surface area (Å²) in [7, 11) is -5.37. The van der Waals surface area contributed by atoms with Crippen LogP contribution in [0.25, 0.3) is 0 Å². The highest BCUT2D eigenvalue weighted by Crippen LogP contribution is 2.14. The first kappa shape index (κ1) is 130. The predicted octanol–water partition coefficient (Wildman–Crippen LogP) is 18.4. The highest BCUT2D eigenvalue weighted by molar-refractivity contribution is 9.09. The molecular weight excluding hydrogens is 1640 g/mol. The van der Waals surface area contributed by atoms with Gasteiger partial charge in [0.1, 0.15) is 36.1 Å². The lowest BCUT2D eigenvalue weighted by Gasteiger charge is -2.08. The Labute approximate surface area is 691 Å². The van der Waals surface area contributed by atoms with Gasteiger partial charge < -0.3 is 62.7 Å². The Morgan fingerprint density at radius 1 is 0.300 bits per heavy atom. The molecule has 0 saturated carbocycles. The number of aliphatic hydroxyl groups is 2. The van der Waals surface area contributed by atoms with Crippen LogP contribution < -0.4 is 9.47 Å². The summed E-state index contributed by atoms with van der Waals surface area (Å²) in [6.07, 6.45) is 28.4. The summed E-state index contributed by atoms with van der Waals surface area (Å²) in [5.41, 5.74) is 1.88. The molecule has 0 amide bonds. The van der Waals surface area contributed by atoms with Crippen molar-refractivity contribution in [2.75, 3.05) is 175 Å². The van der Waals surface area contributed by atoms with Crippen LogP contribution in [0.15, 0.2) is 72.8 Å². The van der Waals surface area contributed by atoms with Crippen LogP contribution in [-0.2, 0) is 75.5 Å². The van der Waals surface area contributed by atoms with Gasteiger partial charge in [-0.3, -0.25) is 22.7 Å². The van der Waals surface area contributed by atoms with Crippen LogP contribution in [0.1, 0.15) is 245 Å². The largest absolute Gasteiger partial charge is 0.508 e. The van der Waals surface area contributed by atoms with Gasteiger partial charge in [-0.05, 0) is 227 Å². The lowest BCUT2D eigenvalue weighted by Crippen LogP contribution is -2.06. The van der Waals surface area contributed by atoms with E-state index in [1.165, 1.54) is 25.0 Å². The molecule has 0 aliphatic rings. The molecule has 3 N–H and O–H groups in total. The minimum Gasteiger partial charge on any atom is -0.508 e. The fourth-order valence-electron chi connectivity index (χ4n) is 7.54. The summed E-state index contributed by atoms with van der Waals surface area (Å²) in [5.74, 6) is 1.75. The third-order valence-electron chi connectivity index (χ3n) is 13.0. The van der Waals surface area contributed by atoms with Crippen molar-refractivity contribution in [1.29, 1.82) is 0 Å². The first-order chi connectivity index (χ1) is 49.2. The van der Waals surface area contributed by atoms with E-state index in [0.717, 1.165) is 267 Å². The highest BCUT2D eigenvalue weighted by Gasteiger charge is 2.04. The minimum absolute atomic E-state index is 0. The van der Waals surface area contributed by atoms with E-state index >= 15 is 0 Å². The molecule has 0 saturated heterocycles. The van der Waals surface area contributed by atoms with E-state index in [9.17, 15) is 39.6 Å². The third-order valence-corrected chi connectivity index (χ3v) is 15.3. The average molecular weight is 1790 g/mol. The molecule has 3 aromatic carbocycles. The number of hydrogen-bond donors (Lipinski definition) is 3. The van der Waals surface area contributed by atoms with Crippen molar-refractivity contribution in [3.63, 3.8) is 0 Å². The van der Waals surface area contributed by atoms with Gasteiger partial charge in [-0.15, -0.1) is 0 Å². The average Bonchev–Trinajstić information content (AvgIpc) is 0.941. The van der Waals surface area contributed by atoms with Gasteiger partial charge in [-0.2, -0.15) is 16.8 Å². The number of carbonyl (C=O) groups excluding carboxylic acids is 3. The van der Waals surface area contributed by atoms with Gasteiger partial charge in [0.25, 0.3) is 20.2 Å². The normalized spacial score (nSPS) is 10.3. The van der Waals surface area contributed by atoms with E-state index in [4.69, 9.17) is 62.7 Å². The van der Waals surface area contributed by atoms with Crippen molar-refractivity contribution < 1.29 is 111 Å². The first-order valence-corrected chi connectivity index (χ1v) is 43.9. The first-order valence-electron chi connectivity index (χ1n) is 35.3. The summed E-state index contributed by atoms with van der Waals surface area (Å²) in [6, 6.07) is 20.3. The molecule has 0 aromatic heterocycles. The van der Waals surface area contributed by atoms with Crippen molar-refractivity contribution in [3.05, 3.63) is 89.5 Å². The standard InChI is InChI=1S/C26H34O6.C14H30O8S2.C12H24Br2O2.C12H26O4.C7H6O2.CH3ClO2S.8CH4/c27-21-23-7-11-25(12-8-23)31-19-5-3-17-29-15-1-2-16-30-18-4-6-20-32-26-13-9-24(22-28)10-14-26;1-23(15,16)21-13-7-5-11-19-9-3-4-10-20-12-6-8-14-22-24(2,17)18;2*13-7-1-3-9-15-11-5-6-12-16-10-4-2-8-14;8-5-6-1-3-7(9)4-2-6;1-5(2,3)4;;;;;;;;/h7-14,21-22H,1-6,15-20H2;3-14H2,1-2H3;1-12H2;13-14H,1-12H2;1-5,9H;1H3;8*1H4. The minimum atomic E-state index is -3.34. The number of aromatic hydroxyl groups is 1. The summed E-state index contributed by atoms with van der Waals surface area (Å²) >= 11 is 6.81. The predicted molar refractivity (Wildman–Crippen MR) is 463 cm³/mol. The molecule has 0 fully saturated rings. The molecule has 658 valence electrons. The van der Waals surface area contributed by atoms with Crippen molar-refractivity contribution >= 4 is 90.7 Å². The molecule has 0 bridgehead atoms. The Balaban J connectivity index is -0.000000125. The smallest absolute Gasteiger partial charge is 0.264 e. The fourth-order valence-corrected chi connectivity index (χ4v) is 9.18. The summed E-state index contributed by atoms with van der Waals surface area (Å²) < 4.78 is 126. The second kappa shape index (κ2) is 99.9. The van der Waals surface area contributed by atoms with Gasteiger partial charge in [-0.25, -0.2) is 8.42 Å². The van der Waals surface area contributed by atoms with Crippen LogP contribution >= 0.6 is 42.5 Å². The van der Waals surface area contributed by atoms with Gasteiger partial charge in [0.05, 0.1) is 45.2 Å². The number of phenolic OH excluding ortho intramolecular Hbond substituents is 1. The van der Waals surface area contributed by atoms with E-state index in [1.807, 2.05) is 24.3 Å². The van der Waals surface area contributed by atoms with Crippen LogP contribution in [0, 0.1) is 0 Å². The Morgan fingerprint density at radius 2 is 0.473 bits per heavy atom. The quantitative estimate of drug-likeness (QED) is 0.0155.